The molecule has 48 heavy (non-hydrogen) atoms. The molecule has 0 rings (SSSR count). The van der Waals surface area contributed by atoms with Crippen LogP contribution in [0.5, 0.6) is 0 Å². The second-order valence-corrected chi connectivity index (χ2v) is 14.7. The van der Waals surface area contributed by atoms with E-state index in [1.165, 1.54) is 116 Å². The van der Waals surface area contributed by atoms with Gasteiger partial charge in [0.2, 0.25) is 0 Å². The summed E-state index contributed by atoms with van der Waals surface area (Å²) in [4.78, 5) is 37.3. The zero-order chi connectivity index (χ0) is 35.3. The molecule has 0 aliphatic rings. The number of carbonyl (C=O) groups is 3. The maximum absolute atomic E-state index is 12.6. The molecule has 0 bridgehead atoms. The number of esters is 3. The molecular weight excluding hydrogens is 600 g/mol. The number of hydrogen-bond donors (Lipinski definition) is 0. The van der Waals surface area contributed by atoms with Crippen LogP contribution in [0.1, 0.15) is 227 Å². The maximum atomic E-state index is 12.6. The third kappa shape index (κ3) is 35.7. The average molecular weight is 681 g/mol. The second kappa shape index (κ2) is 36.7. The first-order chi connectivity index (χ1) is 23.4. The Kier molecular flexibility index (Phi) is 35.5. The van der Waals surface area contributed by atoms with Crippen LogP contribution in [0.2, 0.25) is 0 Å². The average Bonchev–Trinajstić information content (AvgIpc) is 3.06. The van der Waals surface area contributed by atoms with Gasteiger partial charge in [0.15, 0.2) is 6.10 Å². The van der Waals surface area contributed by atoms with Gasteiger partial charge in [-0.1, -0.05) is 188 Å². The van der Waals surface area contributed by atoms with E-state index in [2.05, 4.69) is 27.7 Å². The van der Waals surface area contributed by atoms with Crippen LogP contribution >= 0.6 is 0 Å². The second-order valence-electron chi connectivity index (χ2n) is 14.7. The molecule has 0 fully saturated rings. The number of carbonyl (C=O) groups excluding carboxylic acids is 3. The zero-order valence-electron chi connectivity index (χ0n) is 32.4. The largest absolute Gasteiger partial charge is 0.462 e. The molecule has 0 N–H and O–H groups in total. The van der Waals surface area contributed by atoms with E-state index in [-0.39, 0.29) is 31.1 Å². The van der Waals surface area contributed by atoms with Gasteiger partial charge in [-0.15, -0.1) is 0 Å². The third-order valence-electron chi connectivity index (χ3n) is 9.29. The minimum absolute atomic E-state index is 0.0654. The molecule has 1 atom stereocenters. The van der Waals surface area contributed by atoms with Gasteiger partial charge < -0.3 is 14.2 Å². The molecule has 0 amide bonds. The van der Waals surface area contributed by atoms with Crippen LogP contribution in [0.15, 0.2) is 0 Å². The van der Waals surface area contributed by atoms with Gasteiger partial charge in [0.05, 0.1) is 0 Å². The quantitative estimate of drug-likeness (QED) is 0.0369. The summed E-state index contributed by atoms with van der Waals surface area (Å²) >= 11 is 0. The van der Waals surface area contributed by atoms with Crippen molar-refractivity contribution in [3.63, 3.8) is 0 Å². The Hall–Kier alpha value is -1.59. The molecular formula is C42H80O6. The predicted molar refractivity (Wildman–Crippen MR) is 201 cm³/mol. The minimum atomic E-state index is -0.756. The lowest BCUT2D eigenvalue weighted by molar-refractivity contribution is -0.167. The summed E-state index contributed by atoms with van der Waals surface area (Å²) in [6.45, 7) is 8.89. The Morgan fingerprint density at radius 1 is 0.396 bits per heavy atom. The molecule has 0 aromatic heterocycles. The van der Waals surface area contributed by atoms with Gasteiger partial charge >= 0.3 is 17.9 Å². The van der Waals surface area contributed by atoms with Gasteiger partial charge in [-0.25, -0.2) is 0 Å². The van der Waals surface area contributed by atoms with Gasteiger partial charge in [-0.3, -0.25) is 14.4 Å². The molecule has 0 heterocycles. The van der Waals surface area contributed by atoms with E-state index >= 15 is 0 Å². The highest BCUT2D eigenvalue weighted by molar-refractivity contribution is 5.71. The van der Waals surface area contributed by atoms with Gasteiger partial charge in [0.25, 0.3) is 0 Å². The smallest absolute Gasteiger partial charge is 0.306 e. The lowest BCUT2D eigenvalue weighted by Crippen LogP contribution is -2.30. The number of unbranched alkanes of at least 4 members (excludes halogenated alkanes) is 24. The molecule has 0 aromatic carbocycles. The first-order valence-electron chi connectivity index (χ1n) is 20.9. The van der Waals surface area contributed by atoms with Crippen molar-refractivity contribution in [1.29, 1.82) is 0 Å². The predicted octanol–water partition coefficient (Wildman–Crippen LogP) is 12.8. The van der Waals surface area contributed by atoms with E-state index in [0.29, 0.717) is 19.3 Å². The Morgan fingerprint density at radius 3 is 1.02 bits per heavy atom. The van der Waals surface area contributed by atoms with Crippen LogP contribution in [0.25, 0.3) is 0 Å². The first kappa shape index (κ1) is 46.4. The van der Waals surface area contributed by atoms with Crippen molar-refractivity contribution in [3.8, 4) is 0 Å². The highest BCUT2D eigenvalue weighted by Crippen LogP contribution is 2.16. The van der Waals surface area contributed by atoms with Crippen molar-refractivity contribution in [2.24, 2.45) is 5.92 Å². The summed E-state index contributed by atoms with van der Waals surface area (Å²) in [7, 11) is 0. The Morgan fingerprint density at radius 2 is 0.688 bits per heavy atom. The van der Waals surface area contributed by atoms with Gasteiger partial charge in [0, 0.05) is 19.3 Å². The van der Waals surface area contributed by atoms with Gasteiger partial charge in [-0.05, 0) is 25.2 Å². The fourth-order valence-electron chi connectivity index (χ4n) is 6.10. The van der Waals surface area contributed by atoms with Crippen molar-refractivity contribution in [1.82, 2.24) is 0 Å². The van der Waals surface area contributed by atoms with E-state index in [0.717, 1.165) is 70.1 Å². The monoisotopic (exact) mass is 681 g/mol. The number of rotatable bonds is 37. The maximum Gasteiger partial charge on any atom is 0.306 e. The van der Waals surface area contributed by atoms with E-state index in [1.54, 1.807) is 0 Å². The summed E-state index contributed by atoms with van der Waals surface area (Å²) in [6, 6.07) is 0. The third-order valence-corrected chi connectivity index (χ3v) is 9.29. The summed E-state index contributed by atoms with van der Waals surface area (Å²) in [5, 5.41) is 0. The summed E-state index contributed by atoms with van der Waals surface area (Å²) < 4.78 is 16.5. The normalized spacial score (nSPS) is 11.9. The molecule has 0 saturated carbocycles. The number of ether oxygens (including phenoxy) is 3. The highest BCUT2D eigenvalue weighted by atomic mass is 16.6. The molecule has 284 valence electrons. The highest BCUT2D eigenvalue weighted by Gasteiger charge is 2.19. The van der Waals surface area contributed by atoms with E-state index in [4.69, 9.17) is 14.2 Å². The van der Waals surface area contributed by atoms with E-state index in [1.807, 2.05) is 0 Å². The summed E-state index contributed by atoms with van der Waals surface area (Å²) in [6.07, 6.45) is 34.0. The molecule has 0 saturated heterocycles. The number of hydrogen-bond acceptors (Lipinski definition) is 6. The van der Waals surface area contributed by atoms with Crippen LogP contribution in [-0.4, -0.2) is 37.2 Å². The Bertz CT molecular complexity index is 721. The van der Waals surface area contributed by atoms with Crippen molar-refractivity contribution in [2.45, 2.75) is 233 Å². The lowest BCUT2D eigenvalue weighted by atomic mass is 10.0. The van der Waals surface area contributed by atoms with Gasteiger partial charge in [0.1, 0.15) is 13.2 Å². The fraction of sp³-hybridized carbons (Fsp3) is 0.929. The van der Waals surface area contributed by atoms with E-state index in [9.17, 15) is 14.4 Å². The summed E-state index contributed by atoms with van der Waals surface area (Å²) in [5.41, 5.74) is 0. The van der Waals surface area contributed by atoms with E-state index < -0.39 is 6.10 Å². The van der Waals surface area contributed by atoms with Crippen LogP contribution in [0, 0.1) is 5.92 Å². The van der Waals surface area contributed by atoms with Crippen molar-refractivity contribution >= 4 is 17.9 Å². The molecule has 6 heteroatoms. The van der Waals surface area contributed by atoms with Crippen LogP contribution in [-0.2, 0) is 28.6 Å². The molecule has 0 aromatic rings. The van der Waals surface area contributed by atoms with Gasteiger partial charge in [-0.2, -0.15) is 0 Å². The fourth-order valence-corrected chi connectivity index (χ4v) is 6.10. The molecule has 0 unspecified atom stereocenters. The first-order valence-corrected chi connectivity index (χ1v) is 20.9. The Balaban J connectivity index is 4.16. The van der Waals surface area contributed by atoms with Crippen LogP contribution in [0.4, 0.5) is 0 Å². The topological polar surface area (TPSA) is 78.9 Å². The van der Waals surface area contributed by atoms with Crippen molar-refractivity contribution in [2.75, 3.05) is 13.2 Å². The minimum Gasteiger partial charge on any atom is -0.462 e. The molecule has 0 aliphatic heterocycles. The van der Waals surface area contributed by atoms with Crippen molar-refractivity contribution in [3.05, 3.63) is 0 Å². The molecule has 0 aliphatic carbocycles. The molecule has 6 nitrogen and oxygen atoms in total. The zero-order valence-corrected chi connectivity index (χ0v) is 32.4. The molecule has 0 spiro atoms. The lowest BCUT2D eigenvalue weighted by Gasteiger charge is -2.18. The standard InChI is InChI=1S/C42H80O6/c1-5-7-9-11-12-18-23-27-31-35-42(45)48-39(36-46-40(43)33-29-24-10-8-6-2)37-47-41(44)34-30-26-22-20-17-15-13-14-16-19-21-25-28-32-38(3)4/h38-39H,5-37H2,1-4H3/t39-/m0/s1. The van der Waals surface area contributed by atoms with Crippen LogP contribution in [0.3, 0.4) is 0 Å². The van der Waals surface area contributed by atoms with Crippen molar-refractivity contribution < 1.29 is 28.6 Å². The summed E-state index contributed by atoms with van der Waals surface area (Å²) in [5.74, 6) is -0.0363. The Labute approximate surface area is 298 Å². The molecule has 0 radical (unpaired) electrons. The van der Waals surface area contributed by atoms with Crippen LogP contribution < -0.4 is 0 Å². The SMILES string of the molecule is CCCCCCCCCCCC(=O)O[C@@H](COC(=O)CCCCCCC)COC(=O)CCCCCCCCCCCCCCCC(C)C.